The van der Waals surface area contributed by atoms with Crippen LogP contribution in [-0.4, -0.2) is 5.92 Å². The molecule has 0 radical (unpaired) electrons. The molecule has 208 valence electrons. The van der Waals surface area contributed by atoms with Gasteiger partial charge in [0.2, 0.25) is 5.92 Å². The monoisotopic (exact) mass is 536 g/mol. The summed E-state index contributed by atoms with van der Waals surface area (Å²) in [5.74, 6) is -2.06. The third kappa shape index (κ3) is 5.73. The minimum absolute atomic E-state index is 0.0222. The fourth-order valence-corrected chi connectivity index (χ4v) is 7.41. The summed E-state index contributed by atoms with van der Waals surface area (Å²) in [6, 6.07) is 26.7. The van der Waals surface area contributed by atoms with E-state index in [1.807, 2.05) is 0 Å². The number of rotatable bonds is 8. The molecule has 0 aliphatic heterocycles. The van der Waals surface area contributed by atoms with Crippen molar-refractivity contribution in [2.75, 3.05) is 0 Å². The van der Waals surface area contributed by atoms with Gasteiger partial charge in [0, 0.05) is 12.8 Å². The zero-order chi connectivity index (χ0) is 27.9. The van der Waals surface area contributed by atoms with Crippen molar-refractivity contribution in [3.63, 3.8) is 0 Å². The van der Waals surface area contributed by atoms with Crippen molar-refractivity contribution in [3.8, 4) is 0 Å². The fraction of sp³-hybridized carbons (Fsp3) is 0.421. The smallest absolute Gasteiger partial charge is 0.207 e. The second-order valence-electron chi connectivity index (χ2n) is 13.3. The highest BCUT2D eigenvalue weighted by Gasteiger charge is 2.46. The molecule has 0 bridgehead atoms. The second-order valence-corrected chi connectivity index (χ2v) is 13.3. The number of halogens is 2. The van der Waals surface area contributed by atoms with Gasteiger partial charge in [-0.1, -0.05) is 104 Å². The highest BCUT2D eigenvalue weighted by atomic mass is 19.3. The van der Waals surface area contributed by atoms with Crippen LogP contribution in [0.3, 0.4) is 0 Å². The van der Waals surface area contributed by atoms with Gasteiger partial charge in [-0.15, -0.1) is 0 Å². The van der Waals surface area contributed by atoms with E-state index in [2.05, 4.69) is 93.2 Å². The second kappa shape index (κ2) is 10.8. The molecule has 0 saturated heterocycles. The largest absolute Gasteiger partial charge is 0.248 e. The van der Waals surface area contributed by atoms with Gasteiger partial charge in [-0.2, -0.15) is 0 Å². The van der Waals surface area contributed by atoms with Crippen LogP contribution in [0.4, 0.5) is 8.78 Å². The molecule has 1 spiro atoms. The molecule has 2 unspecified atom stereocenters. The molecule has 0 heterocycles. The standard InChI is InChI=1S/C38H42F2/c1-26-8-10-32(11-9-26)36(35-24-37(25-35)17-5-18-37)33-14-12-31(13-15-33)27(2)20-28(3)34-7-4-6-29(22-34)21-30-16-19-38(39,40)23-30/h4,6-15,22,27,30H,3,5,16-21,23-25H2,1-2H3. The van der Waals surface area contributed by atoms with Crippen molar-refractivity contribution in [1.82, 2.24) is 0 Å². The van der Waals surface area contributed by atoms with E-state index in [1.54, 1.807) is 5.57 Å². The molecule has 0 nitrogen and oxygen atoms in total. The van der Waals surface area contributed by atoms with E-state index in [4.69, 9.17) is 0 Å². The Labute approximate surface area is 239 Å². The Balaban J connectivity index is 1.14. The average Bonchev–Trinajstić information content (AvgIpc) is 3.23. The number of allylic oxidation sites excluding steroid dienone is 2. The first-order valence-corrected chi connectivity index (χ1v) is 15.2. The maximum atomic E-state index is 13.7. The van der Waals surface area contributed by atoms with Crippen molar-refractivity contribution in [1.29, 1.82) is 0 Å². The molecule has 0 aromatic heterocycles. The van der Waals surface area contributed by atoms with Crippen LogP contribution in [0.25, 0.3) is 11.1 Å². The van der Waals surface area contributed by atoms with Gasteiger partial charge in [0.25, 0.3) is 0 Å². The van der Waals surface area contributed by atoms with Crippen LogP contribution in [0, 0.1) is 18.3 Å². The lowest BCUT2D eigenvalue weighted by Crippen LogP contribution is -2.38. The van der Waals surface area contributed by atoms with Crippen molar-refractivity contribution in [2.45, 2.75) is 89.9 Å². The van der Waals surface area contributed by atoms with Crippen LogP contribution in [0.1, 0.15) is 104 Å². The predicted molar refractivity (Wildman–Crippen MR) is 164 cm³/mol. The zero-order valence-corrected chi connectivity index (χ0v) is 24.1. The van der Waals surface area contributed by atoms with Crippen molar-refractivity contribution >= 4 is 11.1 Å². The van der Waals surface area contributed by atoms with Crippen LogP contribution in [-0.2, 0) is 6.42 Å². The molecule has 40 heavy (non-hydrogen) atoms. The van der Waals surface area contributed by atoms with Crippen molar-refractivity contribution in [2.24, 2.45) is 11.3 Å². The summed E-state index contributed by atoms with van der Waals surface area (Å²) in [5, 5.41) is 0. The lowest BCUT2D eigenvalue weighted by molar-refractivity contribution is 0.00508. The van der Waals surface area contributed by atoms with Crippen molar-refractivity contribution < 1.29 is 8.78 Å². The number of hydrogen-bond acceptors (Lipinski definition) is 0. The van der Waals surface area contributed by atoms with E-state index < -0.39 is 5.92 Å². The number of hydrogen-bond donors (Lipinski definition) is 0. The summed E-state index contributed by atoms with van der Waals surface area (Å²) in [4.78, 5) is 0. The molecule has 3 aliphatic rings. The average molecular weight is 537 g/mol. The molecule has 0 N–H and O–H groups in total. The van der Waals surface area contributed by atoms with Crippen LogP contribution >= 0.6 is 0 Å². The highest BCUT2D eigenvalue weighted by molar-refractivity contribution is 5.83. The Kier molecular flexibility index (Phi) is 7.32. The Morgan fingerprint density at radius 2 is 1.57 bits per heavy atom. The van der Waals surface area contributed by atoms with Crippen molar-refractivity contribution in [3.05, 3.63) is 118 Å². The fourth-order valence-electron chi connectivity index (χ4n) is 7.41. The summed E-state index contributed by atoms with van der Waals surface area (Å²) in [7, 11) is 0. The van der Waals surface area contributed by atoms with Gasteiger partial charge in [-0.05, 0) is 108 Å². The molecule has 3 aliphatic carbocycles. The quantitative estimate of drug-likeness (QED) is 0.269. The lowest BCUT2D eigenvalue weighted by Gasteiger charge is -2.52. The van der Waals surface area contributed by atoms with Gasteiger partial charge in [0.15, 0.2) is 0 Å². The molecule has 3 saturated carbocycles. The zero-order valence-electron chi connectivity index (χ0n) is 24.1. The topological polar surface area (TPSA) is 0 Å². The third-order valence-corrected chi connectivity index (χ3v) is 9.97. The maximum Gasteiger partial charge on any atom is 0.248 e. The minimum Gasteiger partial charge on any atom is -0.207 e. The molecule has 2 atom stereocenters. The minimum atomic E-state index is -2.48. The highest BCUT2D eigenvalue weighted by Crippen LogP contribution is 2.60. The van der Waals surface area contributed by atoms with Gasteiger partial charge >= 0.3 is 0 Å². The molecule has 3 aromatic carbocycles. The maximum absolute atomic E-state index is 13.7. The van der Waals surface area contributed by atoms with E-state index in [9.17, 15) is 8.78 Å². The molecule has 2 heteroatoms. The molecule has 6 rings (SSSR count). The SMILES string of the molecule is C=C(CC(C)c1ccc(C(=C2CC3(CCC3)C2)c2ccc(C)cc2)cc1)c1cccc(CC2CCC(F)(F)C2)c1. The number of aryl methyl sites for hydroxylation is 1. The number of alkyl halides is 2. The summed E-state index contributed by atoms with van der Waals surface area (Å²) >= 11 is 0. The Bertz CT molecular complexity index is 1390. The predicted octanol–water partition coefficient (Wildman–Crippen LogP) is 10.9. The molecule has 0 amide bonds. The molecule has 3 fully saturated rings. The van der Waals surface area contributed by atoms with Crippen LogP contribution in [0.15, 0.2) is 84.9 Å². The normalized spacial score (nSPS) is 21.5. The third-order valence-electron chi connectivity index (χ3n) is 9.97. The van der Waals surface area contributed by atoms with E-state index in [1.165, 1.54) is 59.9 Å². The Morgan fingerprint density at radius 3 is 2.17 bits per heavy atom. The van der Waals surface area contributed by atoms with Gasteiger partial charge in [0.1, 0.15) is 0 Å². The molecule has 3 aromatic rings. The summed E-state index contributed by atoms with van der Waals surface area (Å²) in [6.45, 7) is 8.85. The van der Waals surface area contributed by atoms with Gasteiger partial charge in [-0.25, -0.2) is 8.78 Å². The Morgan fingerprint density at radius 1 is 0.900 bits per heavy atom. The van der Waals surface area contributed by atoms with Crippen LogP contribution < -0.4 is 0 Å². The van der Waals surface area contributed by atoms with Gasteiger partial charge in [0.05, 0.1) is 0 Å². The molecular weight excluding hydrogens is 494 g/mol. The first-order chi connectivity index (χ1) is 19.2. The van der Waals surface area contributed by atoms with Crippen LogP contribution in [0.5, 0.6) is 0 Å². The summed E-state index contributed by atoms with van der Waals surface area (Å²) in [5.41, 5.74) is 12.4. The lowest BCUT2D eigenvalue weighted by atomic mass is 9.53. The van der Waals surface area contributed by atoms with E-state index in [0.29, 0.717) is 17.8 Å². The summed E-state index contributed by atoms with van der Waals surface area (Å²) in [6.07, 6.45) is 9.00. The summed E-state index contributed by atoms with van der Waals surface area (Å²) < 4.78 is 27.3. The Hall–Kier alpha value is -3.00. The van der Waals surface area contributed by atoms with E-state index in [0.717, 1.165) is 29.5 Å². The van der Waals surface area contributed by atoms with Crippen LogP contribution in [0.2, 0.25) is 0 Å². The van der Waals surface area contributed by atoms with Gasteiger partial charge in [-0.3, -0.25) is 0 Å². The number of benzene rings is 3. The first kappa shape index (κ1) is 27.2. The van der Waals surface area contributed by atoms with E-state index in [-0.39, 0.29) is 18.8 Å². The first-order valence-electron chi connectivity index (χ1n) is 15.2. The van der Waals surface area contributed by atoms with E-state index >= 15 is 0 Å². The van der Waals surface area contributed by atoms with Gasteiger partial charge < -0.3 is 0 Å². The molecular formula is C38H42F2.